The zero-order chi connectivity index (χ0) is 14.9. The molecule has 1 nitrogen and oxygen atoms in total. The van der Waals surface area contributed by atoms with Crippen LogP contribution >= 0.6 is 15.9 Å². The van der Waals surface area contributed by atoms with Gasteiger partial charge in [-0.2, -0.15) is 13.2 Å². The van der Waals surface area contributed by atoms with Gasteiger partial charge in [0, 0.05) is 10.0 Å². The van der Waals surface area contributed by atoms with Crippen molar-refractivity contribution in [2.24, 2.45) is 0 Å². The Balaban J connectivity index is 2.50. The largest absolute Gasteiger partial charge is 0.416 e. The van der Waals surface area contributed by atoms with Crippen molar-refractivity contribution in [2.45, 2.75) is 12.3 Å². The first-order valence-electron chi connectivity index (χ1n) is 5.60. The Kier molecular flexibility index (Phi) is 4.15. The molecule has 6 heteroatoms. The van der Waals surface area contributed by atoms with E-state index in [1.807, 2.05) is 0 Å². The van der Waals surface area contributed by atoms with Crippen LogP contribution in [0.1, 0.15) is 22.8 Å². The van der Waals surface area contributed by atoms with E-state index in [1.165, 1.54) is 24.3 Å². The van der Waals surface area contributed by atoms with E-state index in [1.54, 1.807) is 0 Å². The molecule has 106 valence electrons. The van der Waals surface area contributed by atoms with Gasteiger partial charge in [-0.15, -0.1) is 0 Å². The van der Waals surface area contributed by atoms with Crippen LogP contribution in [0.3, 0.4) is 0 Å². The Morgan fingerprint density at radius 2 is 1.65 bits per heavy atom. The maximum absolute atomic E-state index is 13.6. The molecule has 0 aliphatic rings. The van der Waals surface area contributed by atoms with Crippen LogP contribution in [-0.2, 0) is 6.18 Å². The van der Waals surface area contributed by atoms with Crippen molar-refractivity contribution in [3.05, 3.63) is 69.4 Å². The van der Waals surface area contributed by atoms with Gasteiger partial charge < -0.3 is 5.11 Å². The zero-order valence-corrected chi connectivity index (χ0v) is 11.5. The maximum Gasteiger partial charge on any atom is 0.416 e. The molecule has 1 unspecified atom stereocenters. The molecule has 20 heavy (non-hydrogen) atoms. The first-order valence-corrected chi connectivity index (χ1v) is 6.39. The molecule has 2 aromatic rings. The van der Waals surface area contributed by atoms with Crippen LogP contribution in [-0.4, -0.2) is 5.11 Å². The van der Waals surface area contributed by atoms with Crippen LogP contribution in [0.4, 0.5) is 17.6 Å². The molecule has 1 N–H and O–H groups in total. The lowest BCUT2D eigenvalue weighted by atomic mass is 9.99. The van der Waals surface area contributed by atoms with Crippen molar-refractivity contribution in [3.8, 4) is 0 Å². The SMILES string of the molecule is OC(c1ccccc1F)c1cc(C(F)(F)F)ccc1Br. The molecule has 0 radical (unpaired) electrons. The van der Waals surface area contributed by atoms with E-state index in [4.69, 9.17) is 0 Å². The monoisotopic (exact) mass is 348 g/mol. The molecule has 0 aliphatic heterocycles. The minimum atomic E-state index is -4.52. The van der Waals surface area contributed by atoms with E-state index in [9.17, 15) is 22.7 Å². The molecule has 0 spiro atoms. The molecule has 0 saturated heterocycles. The van der Waals surface area contributed by atoms with E-state index in [0.29, 0.717) is 0 Å². The summed E-state index contributed by atoms with van der Waals surface area (Å²) in [6, 6.07) is 8.29. The summed E-state index contributed by atoms with van der Waals surface area (Å²) < 4.78 is 51.9. The number of aliphatic hydroxyl groups is 1. The highest BCUT2D eigenvalue weighted by Gasteiger charge is 2.32. The molecule has 2 rings (SSSR count). The Hall–Kier alpha value is -1.40. The second-order valence-electron chi connectivity index (χ2n) is 4.16. The van der Waals surface area contributed by atoms with Gasteiger partial charge >= 0.3 is 6.18 Å². The second-order valence-corrected chi connectivity index (χ2v) is 5.01. The van der Waals surface area contributed by atoms with Gasteiger partial charge in [-0.05, 0) is 29.8 Å². The topological polar surface area (TPSA) is 20.2 Å². The quantitative estimate of drug-likeness (QED) is 0.780. The van der Waals surface area contributed by atoms with Crippen LogP contribution in [0.25, 0.3) is 0 Å². The summed E-state index contributed by atoms with van der Waals surface area (Å²) >= 11 is 3.07. The number of halogens is 5. The van der Waals surface area contributed by atoms with Gasteiger partial charge in [0.05, 0.1) is 5.56 Å². The summed E-state index contributed by atoms with van der Waals surface area (Å²) in [5.74, 6) is -0.677. The minimum absolute atomic E-state index is 0.0371. The highest BCUT2D eigenvalue weighted by atomic mass is 79.9. The number of aliphatic hydroxyl groups excluding tert-OH is 1. The molecule has 0 bridgehead atoms. The molecular weight excluding hydrogens is 340 g/mol. The van der Waals surface area contributed by atoms with Crippen molar-refractivity contribution in [2.75, 3.05) is 0 Å². The summed E-state index contributed by atoms with van der Waals surface area (Å²) in [6.45, 7) is 0. The van der Waals surface area contributed by atoms with Crippen molar-refractivity contribution >= 4 is 15.9 Å². The molecule has 0 amide bonds. The Bertz CT molecular complexity index is 625. The lowest BCUT2D eigenvalue weighted by Crippen LogP contribution is -2.09. The summed E-state index contributed by atoms with van der Waals surface area (Å²) in [6.07, 6.45) is -6.00. The Morgan fingerprint density at radius 3 is 2.25 bits per heavy atom. The Labute approximate surface area is 121 Å². The number of benzene rings is 2. The Morgan fingerprint density at radius 1 is 1.00 bits per heavy atom. The lowest BCUT2D eigenvalue weighted by molar-refractivity contribution is -0.137. The molecule has 2 aromatic carbocycles. The highest BCUT2D eigenvalue weighted by molar-refractivity contribution is 9.10. The van der Waals surface area contributed by atoms with Crippen LogP contribution in [0, 0.1) is 5.82 Å². The predicted octanol–water partition coefficient (Wildman–Crippen LogP) is 4.69. The first-order chi connectivity index (χ1) is 9.30. The van der Waals surface area contributed by atoms with Gasteiger partial charge in [0.15, 0.2) is 0 Å². The van der Waals surface area contributed by atoms with Crippen molar-refractivity contribution in [3.63, 3.8) is 0 Å². The van der Waals surface area contributed by atoms with Crippen molar-refractivity contribution < 1.29 is 22.7 Å². The third kappa shape index (κ3) is 3.02. The number of hydrogen-bond donors (Lipinski definition) is 1. The van der Waals surface area contributed by atoms with E-state index < -0.39 is 23.7 Å². The minimum Gasteiger partial charge on any atom is -0.384 e. The lowest BCUT2D eigenvalue weighted by Gasteiger charge is -2.16. The van der Waals surface area contributed by atoms with Crippen molar-refractivity contribution in [1.29, 1.82) is 0 Å². The summed E-state index contributed by atoms with van der Waals surface area (Å²) in [4.78, 5) is 0. The summed E-state index contributed by atoms with van der Waals surface area (Å²) in [5, 5.41) is 10.1. The van der Waals surface area contributed by atoms with Gasteiger partial charge in [-0.25, -0.2) is 4.39 Å². The van der Waals surface area contributed by atoms with E-state index >= 15 is 0 Å². The fourth-order valence-corrected chi connectivity index (χ4v) is 2.26. The molecule has 0 saturated carbocycles. The van der Waals surface area contributed by atoms with E-state index in [0.717, 1.165) is 18.2 Å². The van der Waals surface area contributed by atoms with Gasteiger partial charge in [0.25, 0.3) is 0 Å². The maximum atomic E-state index is 13.6. The molecule has 0 heterocycles. The molecular formula is C14H9BrF4O. The average Bonchev–Trinajstić information content (AvgIpc) is 2.37. The summed E-state index contributed by atoms with van der Waals surface area (Å²) in [7, 11) is 0. The number of hydrogen-bond acceptors (Lipinski definition) is 1. The third-order valence-electron chi connectivity index (χ3n) is 2.82. The number of rotatable bonds is 2. The van der Waals surface area contributed by atoms with Gasteiger partial charge in [-0.3, -0.25) is 0 Å². The highest BCUT2D eigenvalue weighted by Crippen LogP contribution is 2.36. The van der Waals surface area contributed by atoms with Crippen molar-refractivity contribution in [1.82, 2.24) is 0 Å². The smallest absolute Gasteiger partial charge is 0.384 e. The normalized spacial score (nSPS) is 13.3. The number of alkyl halides is 3. The average molecular weight is 349 g/mol. The zero-order valence-electron chi connectivity index (χ0n) is 9.96. The van der Waals surface area contributed by atoms with Crippen LogP contribution < -0.4 is 0 Å². The van der Waals surface area contributed by atoms with Gasteiger partial charge in [0.1, 0.15) is 11.9 Å². The van der Waals surface area contributed by atoms with Crippen LogP contribution in [0.2, 0.25) is 0 Å². The fourth-order valence-electron chi connectivity index (χ4n) is 1.79. The standard InChI is InChI=1S/C14H9BrF4O/c15-11-6-5-8(14(17,18)19)7-10(11)13(20)9-3-1-2-4-12(9)16/h1-7,13,20H. The summed E-state index contributed by atoms with van der Waals surface area (Å²) in [5.41, 5.74) is -1.01. The third-order valence-corrected chi connectivity index (χ3v) is 3.54. The van der Waals surface area contributed by atoms with E-state index in [-0.39, 0.29) is 15.6 Å². The molecule has 0 aliphatic carbocycles. The predicted molar refractivity (Wildman–Crippen MR) is 69.6 cm³/mol. The fraction of sp³-hybridized carbons (Fsp3) is 0.143. The molecule has 1 atom stereocenters. The van der Waals surface area contributed by atoms with Crippen LogP contribution in [0.5, 0.6) is 0 Å². The van der Waals surface area contributed by atoms with E-state index in [2.05, 4.69) is 15.9 Å². The first kappa shape index (κ1) is 15.0. The molecule has 0 aromatic heterocycles. The van der Waals surface area contributed by atoms with Crippen LogP contribution in [0.15, 0.2) is 46.9 Å². The van der Waals surface area contributed by atoms with Gasteiger partial charge in [0.2, 0.25) is 0 Å². The second kappa shape index (κ2) is 5.54. The van der Waals surface area contributed by atoms with Gasteiger partial charge in [-0.1, -0.05) is 34.1 Å². The molecule has 0 fully saturated rings.